The maximum absolute atomic E-state index is 13.2. The number of alkyl halides is 3. The summed E-state index contributed by atoms with van der Waals surface area (Å²) < 4.78 is 56.9. The first-order valence-corrected chi connectivity index (χ1v) is 14.5. The van der Waals surface area contributed by atoms with E-state index in [-0.39, 0.29) is 6.61 Å². The maximum Gasteiger partial charge on any atom is 0.416 e. The minimum absolute atomic E-state index is 0.0731. The molecular formula is C35H32F3NO5. The van der Waals surface area contributed by atoms with E-state index in [0.717, 1.165) is 40.3 Å². The molecule has 9 heteroatoms. The van der Waals surface area contributed by atoms with Gasteiger partial charge in [-0.25, -0.2) is 4.79 Å². The van der Waals surface area contributed by atoms with Gasteiger partial charge >= 0.3 is 12.1 Å². The minimum Gasteiger partial charge on any atom is -0.497 e. The number of carboxylic acids is 1. The zero-order valence-corrected chi connectivity index (χ0v) is 24.1. The normalized spacial score (nSPS) is 17.7. The number of carbonyl (C=O) groups is 1. The average Bonchev–Trinajstić information content (AvgIpc) is 3.80. The molecule has 228 valence electrons. The number of methoxy groups -OCH3 is 1. The second-order valence-corrected chi connectivity index (χ2v) is 11.3. The third kappa shape index (κ3) is 6.46. The Morgan fingerprint density at radius 1 is 0.864 bits per heavy atom. The number of hydrogen-bond donors (Lipinski definition) is 1. The van der Waals surface area contributed by atoms with Crippen LogP contribution in [-0.4, -0.2) is 30.8 Å². The lowest BCUT2D eigenvalue weighted by Crippen LogP contribution is -2.40. The largest absolute Gasteiger partial charge is 0.497 e. The molecule has 2 unspecified atom stereocenters. The molecule has 1 aliphatic carbocycles. The van der Waals surface area contributed by atoms with Crippen molar-refractivity contribution in [2.45, 2.75) is 44.1 Å². The molecule has 1 aliphatic heterocycles. The number of fused-ring (bicyclic) bond motifs is 1. The summed E-state index contributed by atoms with van der Waals surface area (Å²) in [4.78, 5) is 14.8. The van der Waals surface area contributed by atoms with Crippen LogP contribution >= 0.6 is 0 Å². The van der Waals surface area contributed by atoms with Crippen molar-refractivity contribution in [3.8, 4) is 17.2 Å². The van der Waals surface area contributed by atoms with Crippen LogP contribution in [0.15, 0.2) is 91.0 Å². The number of hydrogen-bond acceptors (Lipinski definition) is 5. The molecule has 0 saturated heterocycles. The fourth-order valence-corrected chi connectivity index (χ4v) is 5.70. The van der Waals surface area contributed by atoms with Gasteiger partial charge in [-0.05, 0) is 95.6 Å². The predicted octanol–water partition coefficient (Wildman–Crippen LogP) is 7.69. The summed E-state index contributed by atoms with van der Waals surface area (Å²) in [5, 5.41) is 10.6. The first-order chi connectivity index (χ1) is 21.2. The first kappa shape index (κ1) is 29.4. The fraction of sp³-hybridized carbons (Fsp3) is 0.286. The van der Waals surface area contributed by atoms with Gasteiger partial charge in [-0.1, -0.05) is 36.4 Å². The molecule has 1 saturated carbocycles. The number of aliphatic carboxylic acids is 1. The lowest BCUT2D eigenvalue weighted by Gasteiger charge is -2.27. The smallest absolute Gasteiger partial charge is 0.416 e. The van der Waals surface area contributed by atoms with Gasteiger partial charge in [0, 0.05) is 18.2 Å². The fourth-order valence-electron chi connectivity index (χ4n) is 5.70. The van der Waals surface area contributed by atoms with Gasteiger partial charge in [0.1, 0.15) is 29.9 Å². The molecule has 2 atom stereocenters. The van der Waals surface area contributed by atoms with E-state index in [9.17, 15) is 23.1 Å². The predicted molar refractivity (Wildman–Crippen MR) is 159 cm³/mol. The quantitative estimate of drug-likeness (QED) is 0.190. The highest BCUT2D eigenvalue weighted by atomic mass is 19.4. The number of halogens is 3. The van der Waals surface area contributed by atoms with Crippen LogP contribution in [0.1, 0.15) is 46.6 Å². The standard InChI is InChI=1S/C35H32F3NO5/c1-42-28-7-3-4-23(17-28)19-39-31-15-14-29(44-21-24-5-2-6-26(16-24)35(36,37)38)18-30(31)32(33(39)34(40)41)25-10-12-27(13-11-25)43-20-22-8-9-22/h2-7,10-18,22,32-33H,8-9,19-21H2,1H3,(H,40,41). The van der Waals surface area contributed by atoms with E-state index in [2.05, 4.69) is 0 Å². The Hall–Kier alpha value is -4.66. The molecule has 1 heterocycles. The molecule has 0 radical (unpaired) electrons. The Balaban J connectivity index is 1.33. The second-order valence-electron chi connectivity index (χ2n) is 11.3. The Kier molecular flexibility index (Phi) is 8.12. The Morgan fingerprint density at radius 3 is 2.30 bits per heavy atom. The molecule has 0 aromatic heterocycles. The van der Waals surface area contributed by atoms with Crippen LogP contribution in [0, 0.1) is 5.92 Å². The summed E-state index contributed by atoms with van der Waals surface area (Å²) in [7, 11) is 1.58. The molecule has 1 fully saturated rings. The molecule has 0 bridgehead atoms. The SMILES string of the molecule is COc1cccc(CN2c3ccc(OCc4cccc(C(F)(F)F)c4)cc3C(c3ccc(OCC4CC4)cc3)C2C(=O)O)c1. The third-order valence-electron chi connectivity index (χ3n) is 8.12. The van der Waals surface area contributed by atoms with Gasteiger partial charge in [0.05, 0.1) is 19.3 Å². The second kappa shape index (κ2) is 12.1. The molecular weight excluding hydrogens is 571 g/mol. The van der Waals surface area contributed by atoms with Crippen LogP contribution in [0.4, 0.5) is 18.9 Å². The molecule has 2 aliphatic rings. The minimum atomic E-state index is -4.45. The monoisotopic (exact) mass is 603 g/mol. The molecule has 44 heavy (non-hydrogen) atoms. The molecule has 4 aromatic carbocycles. The van der Waals surface area contributed by atoms with Gasteiger partial charge < -0.3 is 24.2 Å². The summed E-state index contributed by atoms with van der Waals surface area (Å²) in [6.45, 7) is 0.922. The molecule has 1 N–H and O–H groups in total. The zero-order chi connectivity index (χ0) is 30.8. The van der Waals surface area contributed by atoms with Crippen molar-refractivity contribution >= 4 is 11.7 Å². The van der Waals surface area contributed by atoms with Crippen LogP contribution in [0.25, 0.3) is 0 Å². The van der Waals surface area contributed by atoms with Gasteiger partial charge in [0.15, 0.2) is 0 Å². The number of ether oxygens (including phenoxy) is 3. The molecule has 0 amide bonds. The van der Waals surface area contributed by atoms with Crippen LogP contribution in [-0.2, 0) is 24.1 Å². The van der Waals surface area contributed by atoms with E-state index < -0.39 is 29.7 Å². The van der Waals surface area contributed by atoms with Crippen molar-refractivity contribution in [3.63, 3.8) is 0 Å². The van der Waals surface area contributed by atoms with Crippen molar-refractivity contribution < 1.29 is 37.3 Å². The summed E-state index contributed by atoms with van der Waals surface area (Å²) in [6.07, 6.45) is -2.09. The van der Waals surface area contributed by atoms with Gasteiger partial charge in [0.2, 0.25) is 0 Å². The van der Waals surface area contributed by atoms with Crippen molar-refractivity contribution in [2.24, 2.45) is 5.92 Å². The molecule has 6 rings (SSSR count). The van der Waals surface area contributed by atoms with Crippen molar-refractivity contribution in [1.29, 1.82) is 0 Å². The van der Waals surface area contributed by atoms with Crippen LogP contribution < -0.4 is 19.1 Å². The van der Waals surface area contributed by atoms with E-state index >= 15 is 0 Å². The Bertz CT molecular complexity index is 1630. The number of nitrogens with zero attached hydrogens (tertiary/aromatic N) is 1. The summed E-state index contributed by atoms with van der Waals surface area (Å²) >= 11 is 0. The Morgan fingerprint density at radius 2 is 1.59 bits per heavy atom. The lowest BCUT2D eigenvalue weighted by molar-refractivity contribution is -0.139. The lowest BCUT2D eigenvalue weighted by atomic mass is 9.87. The zero-order valence-electron chi connectivity index (χ0n) is 24.1. The van der Waals surface area contributed by atoms with Gasteiger partial charge in [0.25, 0.3) is 0 Å². The molecule has 6 nitrogen and oxygen atoms in total. The highest BCUT2D eigenvalue weighted by molar-refractivity contribution is 5.86. The van der Waals surface area contributed by atoms with E-state index in [1.807, 2.05) is 59.5 Å². The summed E-state index contributed by atoms with van der Waals surface area (Å²) in [6, 6.07) is 24.5. The number of anilines is 1. The highest BCUT2D eigenvalue weighted by Gasteiger charge is 2.44. The highest BCUT2D eigenvalue weighted by Crippen LogP contribution is 2.47. The maximum atomic E-state index is 13.2. The van der Waals surface area contributed by atoms with Gasteiger partial charge in [-0.3, -0.25) is 0 Å². The van der Waals surface area contributed by atoms with Gasteiger partial charge in [-0.15, -0.1) is 0 Å². The van der Waals surface area contributed by atoms with Crippen LogP contribution in [0.5, 0.6) is 17.2 Å². The number of rotatable bonds is 11. The van der Waals surface area contributed by atoms with Crippen LogP contribution in [0.3, 0.4) is 0 Å². The van der Waals surface area contributed by atoms with E-state index in [1.165, 1.54) is 18.9 Å². The summed E-state index contributed by atoms with van der Waals surface area (Å²) in [5.74, 6) is 0.926. The number of benzene rings is 4. The van der Waals surface area contributed by atoms with E-state index in [0.29, 0.717) is 36.1 Å². The van der Waals surface area contributed by atoms with Crippen molar-refractivity contribution in [2.75, 3.05) is 18.6 Å². The van der Waals surface area contributed by atoms with Gasteiger partial charge in [-0.2, -0.15) is 13.2 Å². The van der Waals surface area contributed by atoms with E-state index in [4.69, 9.17) is 14.2 Å². The van der Waals surface area contributed by atoms with E-state index in [1.54, 1.807) is 25.3 Å². The molecule has 4 aromatic rings. The van der Waals surface area contributed by atoms with Crippen molar-refractivity contribution in [1.82, 2.24) is 0 Å². The van der Waals surface area contributed by atoms with Crippen LogP contribution in [0.2, 0.25) is 0 Å². The third-order valence-corrected chi connectivity index (χ3v) is 8.12. The topological polar surface area (TPSA) is 68.2 Å². The average molecular weight is 604 g/mol. The summed E-state index contributed by atoms with van der Waals surface area (Å²) in [5.41, 5.74) is 2.83. The van der Waals surface area contributed by atoms with Crippen molar-refractivity contribution in [3.05, 3.63) is 119 Å². The Labute approximate surface area is 253 Å². The first-order valence-electron chi connectivity index (χ1n) is 14.5. The number of carboxylic acid groups (broad SMARTS) is 1. The molecule has 0 spiro atoms.